The minimum absolute atomic E-state index is 0.00148. The third-order valence-corrected chi connectivity index (χ3v) is 4.32. The number of likely N-dealkylation sites (tertiary alicyclic amines) is 1. The summed E-state index contributed by atoms with van der Waals surface area (Å²) in [5, 5.41) is 12.5. The molecular weight excluding hydrogens is 278 g/mol. The second-order valence-electron chi connectivity index (χ2n) is 6.13. The lowest BCUT2D eigenvalue weighted by Gasteiger charge is -2.30. The lowest BCUT2D eigenvalue weighted by Crippen LogP contribution is -2.36. The third-order valence-electron chi connectivity index (χ3n) is 4.32. The Balaban J connectivity index is 1.93. The Morgan fingerprint density at radius 1 is 1.36 bits per heavy atom. The molecule has 1 saturated heterocycles. The molecule has 1 aliphatic heterocycles. The summed E-state index contributed by atoms with van der Waals surface area (Å²) in [6, 6.07) is 8.19. The largest absolute Gasteiger partial charge is 0.393 e. The van der Waals surface area contributed by atoms with Crippen LogP contribution in [0.4, 0.5) is 0 Å². The minimum Gasteiger partial charge on any atom is -0.393 e. The van der Waals surface area contributed by atoms with Crippen LogP contribution in [0.25, 0.3) is 0 Å². The Bertz CT molecular complexity index is 485. The number of rotatable bonds is 6. The molecule has 4 N–H and O–H groups in total. The van der Waals surface area contributed by atoms with Crippen molar-refractivity contribution in [2.24, 2.45) is 11.7 Å². The van der Waals surface area contributed by atoms with Gasteiger partial charge in [0.25, 0.3) is 0 Å². The lowest BCUT2D eigenvalue weighted by atomic mass is 10.0. The van der Waals surface area contributed by atoms with Gasteiger partial charge < -0.3 is 16.2 Å². The summed E-state index contributed by atoms with van der Waals surface area (Å²) >= 11 is 0. The topological polar surface area (TPSA) is 78.6 Å². The van der Waals surface area contributed by atoms with Gasteiger partial charge in [-0.1, -0.05) is 31.2 Å². The number of amides is 1. The van der Waals surface area contributed by atoms with Gasteiger partial charge in [-0.25, -0.2) is 0 Å². The fourth-order valence-electron chi connectivity index (χ4n) is 2.67. The lowest BCUT2D eigenvalue weighted by molar-refractivity contribution is -0.124. The summed E-state index contributed by atoms with van der Waals surface area (Å²) in [6.45, 7) is 5.45. The second kappa shape index (κ2) is 8.27. The number of hydrogen-bond donors (Lipinski definition) is 3. The zero-order valence-corrected chi connectivity index (χ0v) is 13.3. The number of aliphatic hydroxyl groups excluding tert-OH is 1. The van der Waals surface area contributed by atoms with Crippen LogP contribution >= 0.6 is 0 Å². The summed E-state index contributed by atoms with van der Waals surface area (Å²) < 4.78 is 0. The molecule has 1 unspecified atom stereocenters. The summed E-state index contributed by atoms with van der Waals surface area (Å²) in [6.07, 6.45) is 1.53. The van der Waals surface area contributed by atoms with E-state index in [9.17, 15) is 9.90 Å². The maximum Gasteiger partial charge on any atom is 0.224 e. The molecule has 0 saturated carbocycles. The molecule has 1 aromatic carbocycles. The number of nitrogens with zero attached hydrogens (tertiary/aromatic N) is 1. The average Bonchev–Trinajstić information content (AvgIpc) is 2.55. The van der Waals surface area contributed by atoms with Crippen molar-refractivity contribution in [1.29, 1.82) is 0 Å². The highest BCUT2D eigenvalue weighted by atomic mass is 16.3. The highest BCUT2D eigenvalue weighted by Gasteiger charge is 2.18. The molecule has 1 heterocycles. The molecule has 1 atom stereocenters. The maximum absolute atomic E-state index is 11.9. The fraction of sp³-hybridized carbons (Fsp3) is 0.588. The van der Waals surface area contributed by atoms with E-state index in [0.717, 1.165) is 38.0 Å². The molecule has 1 aliphatic rings. The van der Waals surface area contributed by atoms with E-state index in [-0.39, 0.29) is 17.9 Å². The van der Waals surface area contributed by atoms with E-state index < -0.39 is 0 Å². The van der Waals surface area contributed by atoms with Gasteiger partial charge in [-0.05, 0) is 24.0 Å². The summed E-state index contributed by atoms with van der Waals surface area (Å²) in [7, 11) is 0. The van der Waals surface area contributed by atoms with Crippen LogP contribution in [0.5, 0.6) is 0 Å². The van der Waals surface area contributed by atoms with Gasteiger partial charge in [0.2, 0.25) is 5.91 Å². The first-order valence-corrected chi connectivity index (χ1v) is 8.05. The van der Waals surface area contributed by atoms with Gasteiger partial charge in [0.15, 0.2) is 0 Å². The van der Waals surface area contributed by atoms with Crippen LogP contribution in [-0.4, -0.2) is 41.7 Å². The molecule has 22 heavy (non-hydrogen) atoms. The highest BCUT2D eigenvalue weighted by Crippen LogP contribution is 2.16. The molecule has 5 nitrogen and oxygen atoms in total. The molecule has 1 fully saturated rings. The number of carbonyl (C=O) groups excluding carboxylic acids is 1. The van der Waals surface area contributed by atoms with Gasteiger partial charge in [0.05, 0.1) is 6.10 Å². The zero-order chi connectivity index (χ0) is 15.9. The van der Waals surface area contributed by atoms with Crippen molar-refractivity contribution in [3.8, 4) is 0 Å². The van der Waals surface area contributed by atoms with Crippen LogP contribution < -0.4 is 11.1 Å². The highest BCUT2D eigenvalue weighted by molar-refractivity contribution is 5.78. The Morgan fingerprint density at radius 3 is 2.64 bits per heavy atom. The van der Waals surface area contributed by atoms with Gasteiger partial charge in [-0.2, -0.15) is 0 Å². The monoisotopic (exact) mass is 305 g/mol. The number of nitrogens with one attached hydrogen (secondary N) is 1. The summed E-state index contributed by atoms with van der Waals surface area (Å²) in [5.74, 6) is -0.158. The van der Waals surface area contributed by atoms with Gasteiger partial charge in [-0.3, -0.25) is 9.69 Å². The molecule has 5 heteroatoms. The first-order chi connectivity index (χ1) is 10.6. The minimum atomic E-state index is -0.157. The van der Waals surface area contributed by atoms with Crippen molar-refractivity contribution < 1.29 is 9.90 Å². The first kappa shape index (κ1) is 16.9. The van der Waals surface area contributed by atoms with Crippen LogP contribution in [0.15, 0.2) is 24.3 Å². The zero-order valence-electron chi connectivity index (χ0n) is 13.3. The van der Waals surface area contributed by atoms with E-state index >= 15 is 0 Å². The standard InChI is InChI=1S/C17H27N3O2/c1-13(10-18)17(22)19-11-14-4-2-3-5-15(14)12-20-8-6-16(21)7-9-20/h2-5,13,16,21H,6-12,18H2,1H3,(H,19,22). The Morgan fingerprint density at radius 2 is 2.00 bits per heavy atom. The van der Waals surface area contributed by atoms with Crippen molar-refractivity contribution in [3.63, 3.8) is 0 Å². The Kier molecular flexibility index (Phi) is 6.36. The number of nitrogens with two attached hydrogens (primary N) is 1. The molecule has 122 valence electrons. The van der Waals surface area contributed by atoms with Crippen molar-refractivity contribution in [2.45, 2.75) is 39.0 Å². The molecule has 1 aromatic rings. The van der Waals surface area contributed by atoms with E-state index in [1.807, 2.05) is 19.1 Å². The number of benzene rings is 1. The van der Waals surface area contributed by atoms with Crippen LogP contribution in [0.2, 0.25) is 0 Å². The van der Waals surface area contributed by atoms with Gasteiger partial charge in [0.1, 0.15) is 0 Å². The van der Waals surface area contributed by atoms with E-state index in [4.69, 9.17) is 5.73 Å². The average molecular weight is 305 g/mol. The molecule has 0 aliphatic carbocycles. The first-order valence-electron chi connectivity index (χ1n) is 8.05. The van der Waals surface area contributed by atoms with Crippen LogP contribution in [0.1, 0.15) is 30.9 Å². The van der Waals surface area contributed by atoms with E-state index in [1.165, 1.54) is 5.56 Å². The van der Waals surface area contributed by atoms with E-state index in [2.05, 4.69) is 22.3 Å². The SMILES string of the molecule is CC(CN)C(=O)NCc1ccccc1CN1CCC(O)CC1. The molecular formula is C17H27N3O2. The van der Waals surface area contributed by atoms with Gasteiger partial charge in [-0.15, -0.1) is 0 Å². The Labute approximate surface area is 132 Å². The van der Waals surface area contributed by atoms with Crippen molar-refractivity contribution in [1.82, 2.24) is 10.2 Å². The second-order valence-corrected chi connectivity index (χ2v) is 6.13. The number of carbonyl (C=O) groups is 1. The van der Waals surface area contributed by atoms with Crippen LogP contribution in [-0.2, 0) is 17.9 Å². The van der Waals surface area contributed by atoms with E-state index in [0.29, 0.717) is 13.1 Å². The maximum atomic E-state index is 11.9. The van der Waals surface area contributed by atoms with Gasteiger partial charge in [0, 0.05) is 38.6 Å². The predicted octanol–water partition coefficient (Wildman–Crippen LogP) is 0.854. The molecule has 2 rings (SSSR count). The summed E-state index contributed by atoms with van der Waals surface area (Å²) in [5.41, 5.74) is 7.90. The smallest absolute Gasteiger partial charge is 0.224 e. The number of hydrogen-bond acceptors (Lipinski definition) is 4. The number of aliphatic hydroxyl groups is 1. The van der Waals surface area contributed by atoms with Crippen LogP contribution in [0.3, 0.4) is 0 Å². The third kappa shape index (κ3) is 4.80. The van der Waals surface area contributed by atoms with Crippen molar-refractivity contribution in [3.05, 3.63) is 35.4 Å². The quantitative estimate of drug-likeness (QED) is 0.728. The Hall–Kier alpha value is -1.43. The number of piperidine rings is 1. The fourth-order valence-corrected chi connectivity index (χ4v) is 2.67. The van der Waals surface area contributed by atoms with E-state index in [1.54, 1.807) is 0 Å². The molecule has 0 bridgehead atoms. The molecule has 0 spiro atoms. The van der Waals surface area contributed by atoms with Crippen LogP contribution in [0, 0.1) is 5.92 Å². The molecule has 0 radical (unpaired) electrons. The molecule has 1 amide bonds. The normalized spacial score (nSPS) is 18.1. The van der Waals surface area contributed by atoms with Crippen molar-refractivity contribution in [2.75, 3.05) is 19.6 Å². The summed E-state index contributed by atoms with van der Waals surface area (Å²) in [4.78, 5) is 14.2. The van der Waals surface area contributed by atoms with Crippen molar-refractivity contribution >= 4 is 5.91 Å². The predicted molar refractivity (Wildman–Crippen MR) is 87.0 cm³/mol. The molecule has 0 aromatic heterocycles. The van der Waals surface area contributed by atoms with Gasteiger partial charge >= 0.3 is 0 Å².